The van der Waals surface area contributed by atoms with Crippen molar-refractivity contribution in [3.8, 4) is 17.6 Å². The van der Waals surface area contributed by atoms with Crippen LogP contribution in [-0.2, 0) is 4.79 Å². The van der Waals surface area contributed by atoms with E-state index in [2.05, 4.69) is 16.7 Å². The normalized spacial score (nSPS) is 23.0. The topological polar surface area (TPSA) is 104 Å². The molecule has 2 unspecified atom stereocenters. The van der Waals surface area contributed by atoms with Gasteiger partial charge in [0, 0.05) is 28.5 Å². The van der Waals surface area contributed by atoms with Crippen LogP contribution >= 0.6 is 0 Å². The van der Waals surface area contributed by atoms with Gasteiger partial charge in [-0.25, -0.2) is 4.79 Å². The lowest BCUT2D eigenvalue weighted by Crippen LogP contribution is -2.28. The summed E-state index contributed by atoms with van der Waals surface area (Å²) >= 11 is 0. The number of carboxylic acids is 1. The maximum atomic E-state index is 11.7. The number of fused-ring (bicyclic) bond motifs is 1. The summed E-state index contributed by atoms with van der Waals surface area (Å²) in [5, 5.41) is 19.1. The first-order valence-corrected chi connectivity index (χ1v) is 6.65. The smallest absolute Gasteiger partial charge is 0.334 e. The van der Waals surface area contributed by atoms with E-state index in [-0.39, 0.29) is 5.57 Å². The van der Waals surface area contributed by atoms with E-state index < -0.39 is 17.8 Å². The lowest BCUT2D eigenvalue weighted by Gasteiger charge is -2.28. The molecule has 0 saturated carbocycles. The lowest BCUT2D eigenvalue weighted by molar-refractivity contribution is -0.133. The fourth-order valence-corrected chi connectivity index (χ4v) is 2.89. The first-order valence-electron chi connectivity index (χ1n) is 6.65. The second-order valence-electron chi connectivity index (χ2n) is 5.10. The first-order chi connectivity index (χ1) is 10.5. The highest BCUT2D eigenvalue weighted by atomic mass is 16.9. The van der Waals surface area contributed by atoms with Gasteiger partial charge in [-0.05, 0) is 19.9 Å². The predicted octanol–water partition coefficient (Wildman–Crippen LogP) is 1.93. The summed E-state index contributed by atoms with van der Waals surface area (Å²) in [5.74, 6) is -1.59. The second-order valence-corrected chi connectivity index (χ2v) is 5.10. The molecule has 0 bridgehead atoms. The van der Waals surface area contributed by atoms with Crippen LogP contribution in [0.15, 0.2) is 34.5 Å². The van der Waals surface area contributed by atoms with Gasteiger partial charge in [0.1, 0.15) is 0 Å². The van der Waals surface area contributed by atoms with Crippen molar-refractivity contribution in [2.24, 2.45) is 10.9 Å². The number of hydrogen-bond acceptors (Lipinski definition) is 6. The van der Waals surface area contributed by atoms with Crippen molar-refractivity contribution in [2.75, 3.05) is 0 Å². The molecular weight excluding hydrogens is 286 g/mol. The Balaban J connectivity index is 2.23. The summed E-state index contributed by atoms with van der Waals surface area (Å²) in [6, 6.07) is 7.32. The quantitative estimate of drug-likeness (QED) is 0.864. The van der Waals surface area contributed by atoms with Crippen molar-refractivity contribution in [1.82, 2.24) is 5.64 Å². The van der Waals surface area contributed by atoms with Crippen LogP contribution < -0.4 is 15.3 Å². The molecule has 2 heterocycles. The van der Waals surface area contributed by atoms with Gasteiger partial charge < -0.3 is 14.8 Å². The minimum Gasteiger partial charge on any atom is -0.478 e. The molecule has 0 aliphatic carbocycles. The molecule has 0 saturated heterocycles. The molecule has 22 heavy (non-hydrogen) atoms. The molecule has 112 valence electrons. The van der Waals surface area contributed by atoms with Crippen LogP contribution in [-0.4, -0.2) is 16.8 Å². The second kappa shape index (κ2) is 5.16. The van der Waals surface area contributed by atoms with E-state index in [1.807, 2.05) is 0 Å². The van der Waals surface area contributed by atoms with Crippen molar-refractivity contribution < 1.29 is 19.6 Å². The molecule has 7 heteroatoms. The van der Waals surface area contributed by atoms with Crippen molar-refractivity contribution in [3.05, 3.63) is 35.0 Å². The van der Waals surface area contributed by atoms with E-state index in [4.69, 9.17) is 9.68 Å². The molecule has 0 aromatic heterocycles. The molecule has 1 aromatic carbocycles. The molecule has 2 aliphatic heterocycles. The monoisotopic (exact) mass is 299 g/mol. The summed E-state index contributed by atoms with van der Waals surface area (Å²) in [6.45, 7) is 3.36. The van der Waals surface area contributed by atoms with Crippen LogP contribution in [0.3, 0.4) is 0 Å². The number of hydrogen-bond donors (Lipinski definition) is 2. The molecule has 3 rings (SSSR count). The Labute approximate surface area is 126 Å². The van der Waals surface area contributed by atoms with Gasteiger partial charge in [0.15, 0.2) is 11.5 Å². The lowest BCUT2D eigenvalue weighted by atomic mass is 9.76. The highest BCUT2D eigenvalue weighted by Crippen LogP contribution is 2.46. The summed E-state index contributed by atoms with van der Waals surface area (Å²) < 4.78 is 0. The molecule has 0 amide bonds. The Hall–Kier alpha value is -2.85. The number of benzene rings is 1. The van der Waals surface area contributed by atoms with Gasteiger partial charge in [-0.1, -0.05) is 12.1 Å². The minimum absolute atomic E-state index is 0.0982. The molecular formula is C15H13N3O4. The maximum absolute atomic E-state index is 11.7. The van der Waals surface area contributed by atoms with Gasteiger partial charge in [0.05, 0.1) is 17.6 Å². The molecule has 7 nitrogen and oxygen atoms in total. The van der Waals surface area contributed by atoms with Crippen molar-refractivity contribution in [3.63, 3.8) is 0 Å². The van der Waals surface area contributed by atoms with Crippen molar-refractivity contribution in [1.29, 1.82) is 5.26 Å². The minimum atomic E-state index is -1.09. The molecule has 2 aliphatic rings. The summed E-state index contributed by atoms with van der Waals surface area (Å²) in [6.07, 6.45) is 0. The average molecular weight is 299 g/mol. The average Bonchev–Trinajstić information content (AvgIpc) is 2.94. The number of carboxylic acid groups (broad SMARTS) is 1. The molecule has 1 aromatic rings. The van der Waals surface area contributed by atoms with Gasteiger partial charge in [-0.15, -0.1) is 0 Å². The van der Waals surface area contributed by atoms with Crippen LogP contribution in [0.2, 0.25) is 0 Å². The number of nitriles is 1. The first kappa shape index (κ1) is 14.1. The van der Waals surface area contributed by atoms with Gasteiger partial charge in [-0.2, -0.15) is 5.26 Å². The highest BCUT2D eigenvalue weighted by molar-refractivity contribution is 5.98. The van der Waals surface area contributed by atoms with E-state index in [0.717, 1.165) is 0 Å². The number of carbonyl (C=O) groups is 1. The summed E-state index contributed by atoms with van der Waals surface area (Å²) in [4.78, 5) is 26.2. The van der Waals surface area contributed by atoms with Crippen LogP contribution in [0.1, 0.15) is 25.3 Å². The molecule has 0 radical (unpaired) electrons. The Morgan fingerprint density at radius 1 is 1.41 bits per heavy atom. The van der Waals surface area contributed by atoms with E-state index in [1.165, 1.54) is 0 Å². The maximum Gasteiger partial charge on any atom is 0.334 e. The fraction of sp³-hybridized carbons (Fsp3) is 0.267. The van der Waals surface area contributed by atoms with Gasteiger partial charge in [-0.3, -0.25) is 4.99 Å². The van der Waals surface area contributed by atoms with Crippen LogP contribution in [0.5, 0.6) is 11.5 Å². The van der Waals surface area contributed by atoms with Gasteiger partial charge in [0.25, 0.3) is 0 Å². The number of nitrogens with one attached hydrogen (secondary N) is 1. The zero-order chi connectivity index (χ0) is 15.9. The third-order valence-corrected chi connectivity index (χ3v) is 3.84. The number of allylic oxidation sites excluding steroid dienone is 1. The van der Waals surface area contributed by atoms with Gasteiger partial charge >= 0.3 is 5.97 Å². The zero-order valence-electron chi connectivity index (χ0n) is 12.0. The molecule has 2 atom stereocenters. The largest absolute Gasteiger partial charge is 0.478 e. The van der Waals surface area contributed by atoms with E-state index in [9.17, 15) is 15.2 Å². The number of rotatable bonds is 2. The fourth-order valence-electron chi connectivity index (χ4n) is 2.89. The molecule has 2 N–H and O–H groups in total. The third kappa shape index (κ3) is 2.01. The Kier molecular flexibility index (Phi) is 3.31. The zero-order valence-corrected chi connectivity index (χ0v) is 12.0. The van der Waals surface area contributed by atoms with Crippen LogP contribution in [0, 0.1) is 17.2 Å². The summed E-state index contributed by atoms with van der Waals surface area (Å²) in [5.41, 5.74) is 3.95. The highest BCUT2D eigenvalue weighted by Gasteiger charge is 2.40. The number of aliphatic carboxylic acids is 1. The number of nitrogens with zero attached hydrogens (tertiary/aromatic N) is 2. The van der Waals surface area contributed by atoms with Gasteiger partial charge in [0.2, 0.25) is 0 Å². The molecule has 0 spiro atoms. The predicted molar refractivity (Wildman–Crippen MR) is 76.1 cm³/mol. The van der Waals surface area contributed by atoms with E-state index in [1.54, 1.807) is 32.0 Å². The Morgan fingerprint density at radius 3 is 2.86 bits per heavy atom. The van der Waals surface area contributed by atoms with E-state index >= 15 is 0 Å². The van der Waals surface area contributed by atoms with Crippen LogP contribution in [0.4, 0.5) is 0 Å². The Morgan fingerprint density at radius 2 is 2.18 bits per heavy atom. The molecule has 0 fully saturated rings. The van der Waals surface area contributed by atoms with Crippen molar-refractivity contribution >= 4 is 11.7 Å². The number of para-hydroxylation sites is 1. The Bertz CT molecular complexity index is 761. The van der Waals surface area contributed by atoms with Crippen molar-refractivity contribution in [2.45, 2.75) is 19.8 Å². The number of aliphatic imine (C=N–C) groups is 1. The standard InChI is InChI=1S/C15H13N3O4/c1-7-10(6-16)13(12(15(19)20)8(2)17-7)9-4-3-5-11-14(9)22-18-21-11/h3-5,10,13,18H,1-2H3,(H,19,20). The summed E-state index contributed by atoms with van der Waals surface area (Å²) in [7, 11) is 0. The SMILES string of the molecule is CC1=NC(C)=C(C(=O)O)C(c2cccc3c2ONO3)C1C#N. The van der Waals surface area contributed by atoms with Crippen LogP contribution in [0.25, 0.3) is 0 Å². The third-order valence-electron chi connectivity index (χ3n) is 3.84. The van der Waals surface area contributed by atoms with E-state index in [0.29, 0.717) is 28.5 Å².